The van der Waals surface area contributed by atoms with Crippen molar-refractivity contribution in [3.8, 4) is 0 Å². The number of imidazole rings is 1. The number of allylic oxidation sites excluding steroid dienone is 2. The van der Waals surface area contributed by atoms with Crippen LogP contribution < -0.4 is 10.5 Å². The van der Waals surface area contributed by atoms with Crippen LogP contribution in [0.3, 0.4) is 0 Å². The van der Waals surface area contributed by atoms with Gasteiger partial charge >= 0.3 is 0 Å². The Bertz CT molecular complexity index is 1790. The Labute approximate surface area is 304 Å². The van der Waals surface area contributed by atoms with Crippen LogP contribution in [-0.4, -0.2) is 28.4 Å². The standard InChI is InChI=1S/C27H15N3O3.6C2H6.CH3F.HI/c31-25-18-12-11-16-22-17(27(33)30-21-10-6-2-5-9-20(21)28-24(16)30)13-14-19(23(18)22)26(32)29(25)15-7-3-1-4-8-15;7*1-2;/h1,3-14H,2H2;6*1-2H3;1H3;1H. The molecular formula is C40H55FIN3O3. The number of anilines is 1. The summed E-state index contributed by atoms with van der Waals surface area (Å²) in [6.45, 7) is 24.0. The predicted octanol–water partition coefficient (Wildman–Crippen LogP) is 12.0. The Morgan fingerprint density at radius 2 is 1.08 bits per heavy atom. The highest BCUT2D eigenvalue weighted by molar-refractivity contribution is 14.0. The summed E-state index contributed by atoms with van der Waals surface area (Å²) >= 11 is 0. The Morgan fingerprint density at radius 3 is 1.60 bits per heavy atom. The molecule has 0 atom stereocenters. The number of imide groups is 1. The van der Waals surface area contributed by atoms with Gasteiger partial charge in [0.15, 0.2) is 0 Å². The zero-order chi connectivity index (χ0) is 36.3. The van der Waals surface area contributed by atoms with Gasteiger partial charge < -0.3 is 0 Å². The third-order valence-electron chi connectivity index (χ3n) is 6.48. The summed E-state index contributed by atoms with van der Waals surface area (Å²) in [5.74, 6) is -0.796. The van der Waals surface area contributed by atoms with Crippen molar-refractivity contribution >= 4 is 80.8 Å². The number of alkyl halides is 1. The third-order valence-corrected chi connectivity index (χ3v) is 6.48. The van der Waals surface area contributed by atoms with Crippen molar-refractivity contribution in [3.05, 3.63) is 99.6 Å². The van der Waals surface area contributed by atoms with Crippen LogP contribution in [0.5, 0.6) is 0 Å². The van der Waals surface area contributed by atoms with E-state index in [2.05, 4.69) is 0 Å². The predicted molar refractivity (Wildman–Crippen MR) is 218 cm³/mol. The van der Waals surface area contributed by atoms with E-state index in [-0.39, 0.29) is 29.5 Å². The molecule has 0 radical (unpaired) electrons. The molecule has 8 heteroatoms. The molecule has 0 spiro atoms. The van der Waals surface area contributed by atoms with E-state index in [1.807, 2.05) is 120 Å². The summed E-state index contributed by atoms with van der Waals surface area (Å²) in [4.78, 5) is 46.4. The van der Waals surface area contributed by atoms with Crippen LogP contribution in [0.25, 0.3) is 39.3 Å². The van der Waals surface area contributed by atoms with Gasteiger partial charge in [0.1, 0.15) is 5.65 Å². The number of nitrogens with zero attached hydrogens (tertiary/aromatic N) is 3. The van der Waals surface area contributed by atoms with Crippen molar-refractivity contribution in [2.75, 3.05) is 12.1 Å². The van der Waals surface area contributed by atoms with E-state index < -0.39 is 11.8 Å². The van der Waals surface area contributed by atoms with Crippen LogP contribution >= 0.6 is 24.0 Å². The van der Waals surface area contributed by atoms with Crippen LogP contribution in [-0.2, 0) is 0 Å². The Hall–Kier alpha value is -3.92. The number of hydrogen-bond acceptors (Lipinski definition) is 4. The number of benzene rings is 3. The fraction of sp³-hybridized carbons (Fsp3) is 0.350. The molecule has 3 aromatic carbocycles. The highest BCUT2D eigenvalue weighted by Crippen LogP contribution is 2.38. The largest absolute Gasteiger partial charge is 0.268 e. The average Bonchev–Trinajstić information content (AvgIpc) is 3.38. The number of hydrogen-bond donors (Lipinski definition) is 0. The molecule has 262 valence electrons. The van der Waals surface area contributed by atoms with E-state index in [1.54, 1.807) is 46.9 Å². The maximum absolute atomic E-state index is 13.6. The molecule has 2 aromatic heterocycles. The summed E-state index contributed by atoms with van der Waals surface area (Å²) in [5.41, 5.74) is 3.12. The first-order valence-corrected chi connectivity index (χ1v) is 17.1. The molecule has 0 N–H and O–H groups in total. The van der Waals surface area contributed by atoms with E-state index >= 15 is 0 Å². The first-order valence-electron chi connectivity index (χ1n) is 17.1. The van der Waals surface area contributed by atoms with Gasteiger partial charge in [-0.3, -0.25) is 23.2 Å². The molecular weight excluding hydrogens is 716 g/mol. The lowest BCUT2D eigenvalue weighted by molar-refractivity contribution is 0.0893. The molecule has 6 nitrogen and oxygen atoms in total. The minimum absolute atomic E-state index is 0. The van der Waals surface area contributed by atoms with Gasteiger partial charge in [0.05, 0.1) is 24.3 Å². The number of halogens is 2. The normalized spacial score (nSPS) is 11.2. The molecule has 0 bridgehead atoms. The lowest BCUT2D eigenvalue weighted by Gasteiger charge is -2.27. The Morgan fingerprint density at radius 1 is 0.604 bits per heavy atom. The summed E-state index contributed by atoms with van der Waals surface area (Å²) in [7, 11) is 0.500. The molecule has 48 heavy (non-hydrogen) atoms. The molecule has 5 aromatic rings. The molecule has 0 saturated heterocycles. The van der Waals surface area contributed by atoms with E-state index in [0.29, 0.717) is 45.8 Å². The van der Waals surface area contributed by atoms with E-state index in [4.69, 9.17) is 4.98 Å². The average molecular weight is 772 g/mol. The smallest absolute Gasteiger partial charge is 0.265 e. The SMILES string of the molecule is CC.CC.CC.CC.CC.CC.CF.I.O=C1c2ccc3c(=O)n4c5c(nc4c4ccc(c2c34)C(=O)N1c1ccccc1)C=CCC=C5. The van der Waals surface area contributed by atoms with Crippen LogP contribution in [0, 0.1) is 0 Å². The number of pyridine rings is 1. The van der Waals surface area contributed by atoms with Gasteiger partial charge in [0, 0.05) is 32.7 Å². The third kappa shape index (κ3) is 8.75. The van der Waals surface area contributed by atoms with Gasteiger partial charge in [-0.1, -0.05) is 113 Å². The maximum atomic E-state index is 13.6. The van der Waals surface area contributed by atoms with Crippen molar-refractivity contribution in [2.45, 2.75) is 89.5 Å². The van der Waals surface area contributed by atoms with Crippen LogP contribution in [0.2, 0.25) is 0 Å². The summed E-state index contributed by atoms with van der Waals surface area (Å²) in [6.07, 6.45) is 8.62. The lowest BCUT2D eigenvalue weighted by Crippen LogP contribution is -2.40. The second-order valence-corrected chi connectivity index (χ2v) is 8.24. The number of rotatable bonds is 1. The van der Waals surface area contributed by atoms with Gasteiger partial charge in [-0.05, 0) is 55.0 Å². The van der Waals surface area contributed by atoms with Crippen molar-refractivity contribution in [1.29, 1.82) is 0 Å². The van der Waals surface area contributed by atoms with Crippen LogP contribution in [0.15, 0.2) is 71.5 Å². The van der Waals surface area contributed by atoms with Gasteiger partial charge in [-0.25, -0.2) is 9.88 Å². The monoisotopic (exact) mass is 771 g/mol. The Balaban J connectivity index is 0. The molecule has 0 unspecified atom stereocenters. The molecule has 0 saturated carbocycles. The summed E-state index contributed by atoms with van der Waals surface area (Å²) in [6, 6.07) is 15.8. The molecule has 1 aliphatic heterocycles. The number of amides is 2. The van der Waals surface area contributed by atoms with Crippen molar-refractivity contribution in [3.63, 3.8) is 0 Å². The lowest BCUT2D eigenvalue weighted by atomic mass is 9.90. The fourth-order valence-electron chi connectivity index (χ4n) is 5.04. The van der Waals surface area contributed by atoms with E-state index in [0.717, 1.165) is 23.2 Å². The van der Waals surface area contributed by atoms with Crippen molar-refractivity contribution in [1.82, 2.24) is 9.38 Å². The first kappa shape index (κ1) is 46.2. The first-order chi connectivity index (χ1) is 23.1. The second-order valence-electron chi connectivity index (χ2n) is 8.24. The zero-order valence-corrected chi connectivity index (χ0v) is 33.4. The summed E-state index contributed by atoms with van der Waals surface area (Å²) < 4.78 is 11.1. The molecule has 3 heterocycles. The highest BCUT2D eigenvalue weighted by atomic mass is 127. The van der Waals surface area contributed by atoms with Crippen molar-refractivity contribution in [2.24, 2.45) is 0 Å². The number of carbonyl (C=O) groups is 2. The van der Waals surface area contributed by atoms with Crippen LogP contribution in [0.1, 0.15) is 122 Å². The minimum Gasteiger partial charge on any atom is -0.268 e. The highest BCUT2D eigenvalue weighted by Gasteiger charge is 2.35. The van der Waals surface area contributed by atoms with Gasteiger partial charge in [-0.2, -0.15) is 0 Å². The zero-order valence-electron chi connectivity index (χ0n) is 31.1. The number of fused-ring (bicyclic) bond motifs is 4. The molecule has 0 fully saturated rings. The second kappa shape index (κ2) is 24.3. The number of para-hydroxylation sites is 1. The molecule has 1 aliphatic carbocycles. The quantitative estimate of drug-likeness (QED) is 0.126. The summed E-state index contributed by atoms with van der Waals surface area (Å²) in [5, 5.41) is 2.35. The van der Waals surface area contributed by atoms with Crippen LogP contribution in [0.4, 0.5) is 10.1 Å². The minimum atomic E-state index is -0.398. The topological polar surface area (TPSA) is 71.7 Å². The van der Waals surface area contributed by atoms with E-state index in [1.165, 1.54) is 4.90 Å². The molecule has 7 rings (SSSR count). The number of carbonyl (C=O) groups excluding carboxylic acids is 2. The van der Waals surface area contributed by atoms with Crippen molar-refractivity contribution < 1.29 is 14.0 Å². The van der Waals surface area contributed by atoms with Gasteiger partial charge in [-0.15, -0.1) is 24.0 Å². The number of aromatic nitrogens is 2. The molecule has 2 aliphatic rings. The van der Waals surface area contributed by atoms with Gasteiger partial charge in [0.2, 0.25) is 0 Å². The molecule has 2 amide bonds. The Kier molecular flexibility index (Phi) is 23.3. The maximum Gasteiger partial charge on any atom is 0.265 e. The van der Waals surface area contributed by atoms with Gasteiger partial charge in [0.25, 0.3) is 17.4 Å². The van der Waals surface area contributed by atoms with E-state index in [9.17, 15) is 18.8 Å². The fourth-order valence-corrected chi connectivity index (χ4v) is 5.04.